The Kier molecular flexibility index (Phi) is 4.38. The van der Waals surface area contributed by atoms with E-state index in [1.807, 2.05) is 13.0 Å². The van der Waals surface area contributed by atoms with Crippen molar-refractivity contribution in [3.8, 4) is 0 Å². The summed E-state index contributed by atoms with van der Waals surface area (Å²) in [6.07, 6.45) is 1.27. The third-order valence-electron chi connectivity index (χ3n) is 4.34. The molecule has 1 aliphatic carbocycles. The van der Waals surface area contributed by atoms with Crippen molar-refractivity contribution >= 4 is 5.69 Å². The molecular weight excluding hydrogens is 253 g/mol. The molecule has 2 nitrogen and oxygen atoms in total. The third kappa shape index (κ3) is 3.14. The van der Waals surface area contributed by atoms with Gasteiger partial charge in [-0.1, -0.05) is 33.8 Å². The first-order valence-corrected chi connectivity index (χ1v) is 7.45. The van der Waals surface area contributed by atoms with Gasteiger partial charge < -0.3 is 10.1 Å². The Hall–Kier alpha value is -1.09. The zero-order valence-corrected chi connectivity index (χ0v) is 13.2. The number of benzene rings is 1. The second-order valence-corrected chi connectivity index (χ2v) is 6.93. The van der Waals surface area contributed by atoms with Crippen molar-refractivity contribution < 1.29 is 9.13 Å². The fraction of sp³-hybridized carbons (Fsp3) is 0.647. The van der Waals surface area contributed by atoms with Crippen LogP contribution in [0.2, 0.25) is 0 Å². The normalized spacial score (nSPS) is 24.6. The van der Waals surface area contributed by atoms with Crippen molar-refractivity contribution in [2.45, 2.75) is 53.2 Å². The molecule has 1 N–H and O–H groups in total. The molecule has 2 unspecified atom stereocenters. The fourth-order valence-electron chi connectivity index (χ4n) is 2.66. The average Bonchev–Trinajstić information content (AvgIpc) is 2.36. The maximum absolute atomic E-state index is 13.3. The first-order valence-electron chi connectivity index (χ1n) is 7.45. The first-order chi connectivity index (χ1) is 9.30. The molecule has 0 heterocycles. The van der Waals surface area contributed by atoms with E-state index in [0.717, 1.165) is 24.3 Å². The Morgan fingerprint density at radius 3 is 2.70 bits per heavy atom. The minimum atomic E-state index is -0.192. The number of aryl methyl sites for hydroxylation is 1. The summed E-state index contributed by atoms with van der Waals surface area (Å²) in [5.74, 6) is 0.367. The molecule has 2 rings (SSSR count). The zero-order valence-electron chi connectivity index (χ0n) is 13.2. The molecule has 0 amide bonds. The third-order valence-corrected chi connectivity index (χ3v) is 4.34. The number of halogens is 1. The SMILES string of the molecule is Cc1ccc(F)cc1NC1CC(OCC(C)C)C1(C)C. The summed E-state index contributed by atoms with van der Waals surface area (Å²) in [5.41, 5.74) is 2.05. The molecule has 0 aliphatic heterocycles. The van der Waals surface area contributed by atoms with Crippen LogP contribution in [0, 0.1) is 24.1 Å². The Bertz CT molecular complexity index is 470. The van der Waals surface area contributed by atoms with E-state index in [0.29, 0.717) is 12.0 Å². The Labute approximate surface area is 121 Å². The van der Waals surface area contributed by atoms with E-state index >= 15 is 0 Å². The minimum absolute atomic E-state index is 0.0770. The quantitative estimate of drug-likeness (QED) is 0.863. The van der Waals surface area contributed by atoms with Crippen molar-refractivity contribution in [2.75, 3.05) is 11.9 Å². The number of hydrogen-bond acceptors (Lipinski definition) is 2. The number of ether oxygens (including phenoxy) is 1. The average molecular weight is 279 g/mol. The molecule has 0 aromatic heterocycles. The molecule has 1 fully saturated rings. The van der Waals surface area contributed by atoms with Crippen LogP contribution < -0.4 is 5.32 Å². The molecule has 0 bridgehead atoms. The van der Waals surface area contributed by atoms with E-state index in [4.69, 9.17) is 4.74 Å². The second kappa shape index (κ2) is 5.72. The highest BCUT2D eigenvalue weighted by molar-refractivity contribution is 5.52. The van der Waals surface area contributed by atoms with Gasteiger partial charge in [0, 0.05) is 23.8 Å². The van der Waals surface area contributed by atoms with Crippen LogP contribution in [0.3, 0.4) is 0 Å². The van der Waals surface area contributed by atoms with Gasteiger partial charge in [0.15, 0.2) is 0 Å². The van der Waals surface area contributed by atoms with Crippen LogP contribution in [0.15, 0.2) is 18.2 Å². The lowest BCUT2D eigenvalue weighted by molar-refractivity contribution is -0.108. The largest absolute Gasteiger partial charge is 0.381 e. The number of anilines is 1. The van der Waals surface area contributed by atoms with Crippen molar-refractivity contribution in [1.29, 1.82) is 0 Å². The van der Waals surface area contributed by atoms with Crippen LogP contribution in [-0.2, 0) is 4.74 Å². The van der Waals surface area contributed by atoms with Gasteiger partial charge in [0.2, 0.25) is 0 Å². The van der Waals surface area contributed by atoms with Gasteiger partial charge in [0.1, 0.15) is 5.82 Å². The van der Waals surface area contributed by atoms with E-state index in [1.54, 1.807) is 6.07 Å². The molecule has 112 valence electrons. The lowest BCUT2D eigenvalue weighted by atomic mass is 9.64. The molecule has 0 saturated heterocycles. The minimum Gasteiger partial charge on any atom is -0.381 e. The molecule has 3 heteroatoms. The number of rotatable bonds is 5. The van der Waals surface area contributed by atoms with Crippen LogP contribution in [-0.4, -0.2) is 18.8 Å². The highest BCUT2D eigenvalue weighted by atomic mass is 19.1. The van der Waals surface area contributed by atoms with Gasteiger partial charge in [0.25, 0.3) is 0 Å². The lowest BCUT2D eigenvalue weighted by Crippen LogP contribution is -2.58. The summed E-state index contributed by atoms with van der Waals surface area (Å²) < 4.78 is 19.3. The van der Waals surface area contributed by atoms with Crippen molar-refractivity contribution in [3.05, 3.63) is 29.6 Å². The van der Waals surface area contributed by atoms with Gasteiger partial charge in [-0.2, -0.15) is 0 Å². The molecule has 1 aliphatic rings. The summed E-state index contributed by atoms with van der Waals surface area (Å²) in [6, 6.07) is 5.23. The summed E-state index contributed by atoms with van der Waals surface area (Å²) >= 11 is 0. The first kappa shape index (κ1) is 15.3. The molecule has 20 heavy (non-hydrogen) atoms. The van der Waals surface area contributed by atoms with E-state index < -0.39 is 0 Å². The van der Waals surface area contributed by atoms with Gasteiger partial charge in [0.05, 0.1) is 6.10 Å². The van der Waals surface area contributed by atoms with Gasteiger partial charge in [-0.3, -0.25) is 0 Å². The van der Waals surface area contributed by atoms with Gasteiger partial charge in [-0.15, -0.1) is 0 Å². The van der Waals surface area contributed by atoms with Crippen molar-refractivity contribution in [2.24, 2.45) is 11.3 Å². The van der Waals surface area contributed by atoms with Crippen LogP contribution in [0.5, 0.6) is 0 Å². The highest BCUT2D eigenvalue weighted by Crippen LogP contribution is 2.44. The maximum Gasteiger partial charge on any atom is 0.125 e. The smallest absolute Gasteiger partial charge is 0.125 e. The van der Waals surface area contributed by atoms with E-state index in [2.05, 4.69) is 33.0 Å². The molecule has 1 aromatic rings. The predicted octanol–water partition coefficient (Wildman–Crippen LogP) is 4.39. The summed E-state index contributed by atoms with van der Waals surface area (Å²) in [6.45, 7) is 11.6. The molecule has 2 atom stereocenters. The lowest BCUT2D eigenvalue weighted by Gasteiger charge is -2.52. The van der Waals surface area contributed by atoms with Crippen LogP contribution >= 0.6 is 0 Å². The Balaban J connectivity index is 1.97. The van der Waals surface area contributed by atoms with Crippen LogP contribution in [0.4, 0.5) is 10.1 Å². The fourth-order valence-corrected chi connectivity index (χ4v) is 2.66. The van der Waals surface area contributed by atoms with Gasteiger partial charge >= 0.3 is 0 Å². The van der Waals surface area contributed by atoms with E-state index in [-0.39, 0.29) is 17.3 Å². The number of hydrogen-bond donors (Lipinski definition) is 1. The number of nitrogens with one attached hydrogen (secondary N) is 1. The summed E-state index contributed by atoms with van der Waals surface area (Å²) in [5, 5.41) is 3.48. The molecule has 1 aromatic carbocycles. The predicted molar refractivity (Wildman–Crippen MR) is 81.5 cm³/mol. The Morgan fingerprint density at radius 2 is 2.10 bits per heavy atom. The monoisotopic (exact) mass is 279 g/mol. The topological polar surface area (TPSA) is 21.3 Å². The molecular formula is C17H26FNO. The van der Waals surface area contributed by atoms with Crippen LogP contribution in [0.1, 0.15) is 39.7 Å². The van der Waals surface area contributed by atoms with Crippen molar-refractivity contribution in [3.63, 3.8) is 0 Å². The van der Waals surface area contributed by atoms with E-state index in [1.165, 1.54) is 6.07 Å². The standard InChI is InChI=1S/C17H26FNO/c1-11(2)10-20-16-9-15(17(16,4)5)19-14-8-13(18)7-6-12(14)3/h6-8,11,15-16,19H,9-10H2,1-5H3. The summed E-state index contributed by atoms with van der Waals surface area (Å²) in [4.78, 5) is 0. The molecule has 1 saturated carbocycles. The van der Waals surface area contributed by atoms with Crippen LogP contribution in [0.25, 0.3) is 0 Å². The van der Waals surface area contributed by atoms with Gasteiger partial charge in [-0.05, 0) is 37.0 Å². The second-order valence-electron chi connectivity index (χ2n) is 6.93. The van der Waals surface area contributed by atoms with E-state index in [9.17, 15) is 4.39 Å². The highest BCUT2D eigenvalue weighted by Gasteiger charge is 2.49. The Morgan fingerprint density at radius 1 is 1.40 bits per heavy atom. The summed E-state index contributed by atoms with van der Waals surface area (Å²) in [7, 11) is 0. The molecule has 0 spiro atoms. The van der Waals surface area contributed by atoms with Gasteiger partial charge in [-0.25, -0.2) is 4.39 Å². The van der Waals surface area contributed by atoms with Crippen molar-refractivity contribution in [1.82, 2.24) is 0 Å². The zero-order chi connectivity index (χ0) is 14.9. The molecule has 0 radical (unpaired) electrons. The maximum atomic E-state index is 13.3.